The number of hydrogen-bond acceptors (Lipinski definition) is 6. The van der Waals surface area contributed by atoms with Gasteiger partial charge in [0.2, 0.25) is 0 Å². The maximum atomic E-state index is 12.6. The number of carbonyl (C=O) groups is 2. The van der Waals surface area contributed by atoms with E-state index in [-0.39, 0.29) is 5.91 Å². The predicted molar refractivity (Wildman–Crippen MR) is 91.9 cm³/mol. The van der Waals surface area contributed by atoms with Crippen LogP contribution >= 0.6 is 0 Å². The molecule has 1 N–H and O–H groups in total. The van der Waals surface area contributed by atoms with Gasteiger partial charge >= 0.3 is 5.97 Å². The molecule has 0 fully saturated rings. The smallest absolute Gasteiger partial charge is 0.339 e. The zero-order valence-electron chi connectivity index (χ0n) is 13.9. The van der Waals surface area contributed by atoms with E-state index in [0.717, 1.165) is 11.1 Å². The molecule has 1 atom stereocenters. The Morgan fingerprint density at radius 3 is 2.96 bits per heavy atom. The molecule has 26 heavy (non-hydrogen) atoms. The number of fused-ring (bicyclic) bond motifs is 1. The van der Waals surface area contributed by atoms with Gasteiger partial charge in [0.15, 0.2) is 6.10 Å². The number of rotatable bonds is 3. The Kier molecular flexibility index (Phi) is 3.92. The second-order valence-corrected chi connectivity index (χ2v) is 6.05. The van der Waals surface area contributed by atoms with Crippen LogP contribution in [0.4, 0.5) is 5.69 Å². The summed E-state index contributed by atoms with van der Waals surface area (Å²) in [5, 5.41) is 13.8. The Balaban J connectivity index is 1.52. The normalized spacial score (nSPS) is 15.9. The fraction of sp³-hybridized carbons (Fsp3) is 0.167. The van der Waals surface area contributed by atoms with Crippen molar-refractivity contribution in [2.24, 2.45) is 0 Å². The largest absolute Gasteiger partial charge is 0.448 e. The van der Waals surface area contributed by atoms with Crippen molar-refractivity contribution in [3.05, 3.63) is 65.5 Å². The number of carbonyl (C=O) groups excluding carboxylic acids is 2. The summed E-state index contributed by atoms with van der Waals surface area (Å²) in [4.78, 5) is 24.7. The summed E-state index contributed by atoms with van der Waals surface area (Å²) >= 11 is 0. The van der Waals surface area contributed by atoms with Crippen LogP contribution in [0.25, 0.3) is 5.69 Å². The third-order valence-electron chi connectivity index (χ3n) is 4.15. The average Bonchev–Trinajstić information content (AvgIpc) is 3.16. The van der Waals surface area contributed by atoms with Crippen LogP contribution in [-0.2, 0) is 16.0 Å². The highest BCUT2D eigenvalue weighted by atomic mass is 16.5. The van der Waals surface area contributed by atoms with Crippen molar-refractivity contribution in [3.63, 3.8) is 0 Å². The van der Waals surface area contributed by atoms with E-state index in [1.165, 1.54) is 11.0 Å². The lowest BCUT2D eigenvalue weighted by atomic mass is 9.96. The maximum Gasteiger partial charge on any atom is 0.339 e. The van der Waals surface area contributed by atoms with Crippen LogP contribution < -0.4 is 5.32 Å². The van der Waals surface area contributed by atoms with Crippen LogP contribution in [0, 0.1) is 6.92 Å². The lowest BCUT2D eigenvalue weighted by Crippen LogP contribution is -2.38. The molecule has 1 aliphatic rings. The molecular weight excluding hydrogens is 334 g/mol. The van der Waals surface area contributed by atoms with Crippen molar-refractivity contribution in [2.45, 2.75) is 19.4 Å². The molecule has 1 amide bonds. The van der Waals surface area contributed by atoms with E-state index in [9.17, 15) is 9.59 Å². The zero-order chi connectivity index (χ0) is 18.1. The molecule has 130 valence electrons. The van der Waals surface area contributed by atoms with Crippen molar-refractivity contribution >= 4 is 17.6 Å². The first-order valence-corrected chi connectivity index (χ1v) is 8.05. The van der Waals surface area contributed by atoms with Crippen LogP contribution in [0.2, 0.25) is 0 Å². The second-order valence-electron chi connectivity index (χ2n) is 6.05. The minimum absolute atomic E-state index is 0.348. The summed E-state index contributed by atoms with van der Waals surface area (Å²) in [6.45, 7) is 1.94. The summed E-state index contributed by atoms with van der Waals surface area (Å²) in [5.74, 6) is -0.854. The molecule has 3 aromatic rings. The number of cyclic esters (lactones) is 1. The Hall–Kier alpha value is -3.55. The lowest BCUT2D eigenvalue weighted by Gasteiger charge is -2.24. The van der Waals surface area contributed by atoms with E-state index >= 15 is 0 Å². The quantitative estimate of drug-likeness (QED) is 0.723. The number of ether oxygens (including phenoxy) is 1. The van der Waals surface area contributed by atoms with Gasteiger partial charge in [0, 0.05) is 12.1 Å². The van der Waals surface area contributed by atoms with Gasteiger partial charge in [-0.2, -0.15) is 0 Å². The molecule has 2 heterocycles. The Morgan fingerprint density at radius 2 is 2.15 bits per heavy atom. The van der Waals surface area contributed by atoms with Gasteiger partial charge in [0.05, 0.1) is 11.3 Å². The standard InChI is InChI=1S/C18H15N5O3/c1-11-5-6-15-12(7-11)8-16(26-18(15)25)17(24)20-13-3-2-4-14(9-13)23-10-19-21-22-23/h2-7,9-10,16H,8H2,1H3,(H,20,24)/t16-/m1/s1. The molecular formula is C18H15N5O3. The molecule has 0 unspecified atom stereocenters. The van der Waals surface area contributed by atoms with Crippen LogP contribution in [0.3, 0.4) is 0 Å². The summed E-state index contributed by atoms with van der Waals surface area (Å²) in [6, 6.07) is 12.6. The van der Waals surface area contributed by atoms with E-state index in [2.05, 4.69) is 20.8 Å². The predicted octanol–water partition coefficient (Wildman–Crippen LogP) is 1.69. The number of tetrazole rings is 1. The summed E-state index contributed by atoms with van der Waals surface area (Å²) in [7, 11) is 0. The molecule has 4 rings (SSSR count). The fourth-order valence-electron chi connectivity index (χ4n) is 2.90. The van der Waals surface area contributed by atoms with Crippen molar-refractivity contribution in [3.8, 4) is 5.69 Å². The summed E-state index contributed by atoms with van der Waals surface area (Å²) in [6.07, 6.45) is 0.943. The van der Waals surface area contributed by atoms with Gasteiger partial charge in [0.1, 0.15) is 6.33 Å². The topological polar surface area (TPSA) is 99.0 Å². The number of amides is 1. The molecule has 0 radical (unpaired) electrons. The van der Waals surface area contributed by atoms with Gasteiger partial charge in [-0.1, -0.05) is 23.8 Å². The van der Waals surface area contributed by atoms with Gasteiger partial charge in [-0.05, 0) is 47.2 Å². The molecule has 8 heteroatoms. The van der Waals surface area contributed by atoms with Gasteiger partial charge in [-0.25, -0.2) is 9.48 Å². The monoisotopic (exact) mass is 349 g/mol. The zero-order valence-corrected chi connectivity index (χ0v) is 13.9. The summed E-state index contributed by atoms with van der Waals surface area (Å²) < 4.78 is 6.78. The van der Waals surface area contributed by atoms with Crippen LogP contribution in [0.15, 0.2) is 48.8 Å². The van der Waals surface area contributed by atoms with Gasteiger partial charge in [-0.3, -0.25) is 4.79 Å². The van der Waals surface area contributed by atoms with Gasteiger partial charge < -0.3 is 10.1 Å². The van der Waals surface area contributed by atoms with Crippen molar-refractivity contribution in [1.82, 2.24) is 20.2 Å². The first kappa shape index (κ1) is 15.9. The number of benzene rings is 2. The first-order valence-electron chi connectivity index (χ1n) is 8.05. The van der Waals surface area contributed by atoms with E-state index in [0.29, 0.717) is 23.4 Å². The number of nitrogens with zero attached hydrogens (tertiary/aromatic N) is 4. The molecule has 2 aromatic carbocycles. The highest BCUT2D eigenvalue weighted by Gasteiger charge is 2.31. The summed E-state index contributed by atoms with van der Waals surface area (Å²) in [5.41, 5.74) is 3.64. The Bertz CT molecular complexity index is 984. The molecule has 0 bridgehead atoms. The number of esters is 1. The van der Waals surface area contributed by atoms with E-state index < -0.39 is 12.1 Å². The second kappa shape index (κ2) is 6.40. The molecule has 0 spiro atoms. The number of nitrogens with one attached hydrogen (secondary N) is 1. The maximum absolute atomic E-state index is 12.6. The number of aromatic nitrogens is 4. The Morgan fingerprint density at radius 1 is 1.27 bits per heavy atom. The highest BCUT2D eigenvalue weighted by Crippen LogP contribution is 2.23. The van der Waals surface area contributed by atoms with Gasteiger partial charge in [-0.15, -0.1) is 5.10 Å². The van der Waals surface area contributed by atoms with Crippen molar-refractivity contribution < 1.29 is 14.3 Å². The molecule has 0 aliphatic carbocycles. The lowest BCUT2D eigenvalue weighted by molar-refractivity contribution is -0.125. The minimum Gasteiger partial charge on any atom is -0.448 e. The third-order valence-corrected chi connectivity index (χ3v) is 4.15. The van der Waals surface area contributed by atoms with E-state index in [1.54, 1.807) is 24.3 Å². The first-order chi connectivity index (χ1) is 12.6. The average molecular weight is 349 g/mol. The molecule has 1 aliphatic heterocycles. The SMILES string of the molecule is Cc1ccc2c(c1)C[C@H](C(=O)Nc1cccc(-n3cnnn3)c1)OC2=O. The van der Waals surface area contributed by atoms with Crippen molar-refractivity contribution in [2.75, 3.05) is 5.32 Å². The van der Waals surface area contributed by atoms with Gasteiger partial charge in [0.25, 0.3) is 5.91 Å². The fourth-order valence-corrected chi connectivity index (χ4v) is 2.90. The van der Waals surface area contributed by atoms with E-state index in [4.69, 9.17) is 4.74 Å². The van der Waals surface area contributed by atoms with Crippen LogP contribution in [-0.4, -0.2) is 38.2 Å². The van der Waals surface area contributed by atoms with Crippen molar-refractivity contribution in [1.29, 1.82) is 0 Å². The molecule has 8 nitrogen and oxygen atoms in total. The van der Waals surface area contributed by atoms with Crippen LogP contribution in [0.5, 0.6) is 0 Å². The highest BCUT2D eigenvalue weighted by molar-refractivity contribution is 6.00. The Labute approximate surface area is 148 Å². The third kappa shape index (κ3) is 3.04. The molecule has 1 aromatic heterocycles. The number of anilines is 1. The number of aryl methyl sites for hydroxylation is 1. The molecule has 0 saturated carbocycles. The minimum atomic E-state index is -0.867. The van der Waals surface area contributed by atoms with E-state index in [1.807, 2.05) is 25.1 Å². The molecule has 0 saturated heterocycles. The number of hydrogen-bond donors (Lipinski definition) is 1. The van der Waals surface area contributed by atoms with Crippen LogP contribution in [0.1, 0.15) is 21.5 Å².